The minimum Gasteiger partial charge on any atom is -0.337 e. The van der Waals surface area contributed by atoms with Crippen LogP contribution in [0, 0.1) is 11.8 Å². The van der Waals surface area contributed by atoms with Crippen LogP contribution in [-0.4, -0.2) is 46.3 Å². The lowest BCUT2D eigenvalue weighted by molar-refractivity contribution is 0.0620. The molecule has 2 aliphatic heterocycles. The Morgan fingerprint density at radius 2 is 2.22 bits per heavy atom. The van der Waals surface area contributed by atoms with Crippen LogP contribution in [0.4, 0.5) is 0 Å². The number of piperidine rings is 1. The summed E-state index contributed by atoms with van der Waals surface area (Å²) in [6.45, 7) is 7.24. The second-order valence-electron chi connectivity index (χ2n) is 7.60. The third-order valence-electron chi connectivity index (χ3n) is 5.20. The molecule has 0 bridgehead atoms. The lowest BCUT2D eigenvalue weighted by Crippen LogP contribution is -2.50. The van der Waals surface area contributed by atoms with Gasteiger partial charge in [-0.3, -0.25) is 9.48 Å². The Morgan fingerprint density at radius 1 is 1.39 bits per heavy atom. The quantitative estimate of drug-likeness (QED) is 0.930. The van der Waals surface area contributed by atoms with Crippen molar-refractivity contribution >= 4 is 5.91 Å². The molecule has 5 nitrogen and oxygen atoms in total. The fraction of sp³-hybridized carbons (Fsp3) is 0.778. The number of fused-ring (bicyclic) bond motifs is 1. The molecule has 0 spiro atoms. The summed E-state index contributed by atoms with van der Waals surface area (Å²) in [6.07, 6.45) is 5.79. The molecule has 0 radical (unpaired) electrons. The molecule has 0 aromatic carbocycles. The predicted octanol–water partition coefficient (Wildman–Crippen LogP) is 2.22. The summed E-state index contributed by atoms with van der Waals surface area (Å²) in [4.78, 5) is 15.0. The highest BCUT2D eigenvalue weighted by Gasteiger charge is 2.33. The number of amides is 1. The molecule has 23 heavy (non-hydrogen) atoms. The molecule has 0 unspecified atom stereocenters. The van der Waals surface area contributed by atoms with E-state index in [0.717, 1.165) is 43.9 Å². The van der Waals surface area contributed by atoms with Crippen LogP contribution in [-0.2, 0) is 13.5 Å². The number of hydrogen-bond donors (Lipinski definition) is 1. The summed E-state index contributed by atoms with van der Waals surface area (Å²) in [5.41, 5.74) is 1.76. The maximum Gasteiger partial charge on any atom is 0.272 e. The first-order valence-electron chi connectivity index (χ1n) is 9.10. The van der Waals surface area contributed by atoms with Crippen LogP contribution in [0.3, 0.4) is 0 Å². The van der Waals surface area contributed by atoms with Crippen molar-refractivity contribution < 1.29 is 4.79 Å². The SMILES string of the molecule is CC(C)Cc1cc(C(=O)N2CC[C@H]3NCCCC[C@@H]3C2)n(C)n1. The molecule has 5 heteroatoms. The van der Waals surface area contributed by atoms with Gasteiger partial charge >= 0.3 is 0 Å². The lowest BCUT2D eigenvalue weighted by Gasteiger charge is -2.38. The normalized spacial score (nSPS) is 25.3. The molecule has 2 aliphatic rings. The fourth-order valence-electron chi connectivity index (χ4n) is 4.00. The zero-order valence-corrected chi connectivity index (χ0v) is 14.7. The summed E-state index contributed by atoms with van der Waals surface area (Å²) in [6, 6.07) is 2.59. The Balaban J connectivity index is 1.69. The Morgan fingerprint density at radius 3 is 3.00 bits per heavy atom. The molecule has 1 aromatic heterocycles. The number of aryl methyl sites for hydroxylation is 1. The number of carbonyl (C=O) groups excluding carboxylic acids is 1. The predicted molar refractivity (Wildman–Crippen MR) is 91.4 cm³/mol. The van der Waals surface area contributed by atoms with Crippen LogP contribution in [0.5, 0.6) is 0 Å². The fourth-order valence-corrected chi connectivity index (χ4v) is 4.00. The van der Waals surface area contributed by atoms with Crippen LogP contribution in [0.2, 0.25) is 0 Å². The standard InChI is InChI=1S/C18H30N4O/c1-13(2)10-15-11-17(21(3)20-15)18(23)22-9-7-16-14(12-22)6-4-5-8-19-16/h11,13-14,16,19H,4-10,12H2,1-3H3/t14-,16-/m1/s1. The second-order valence-corrected chi connectivity index (χ2v) is 7.60. The van der Waals surface area contributed by atoms with Crippen LogP contribution in [0.15, 0.2) is 6.07 Å². The average molecular weight is 318 g/mol. The van der Waals surface area contributed by atoms with Gasteiger partial charge in [0.2, 0.25) is 0 Å². The highest BCUT2D eigenvalue weighted by atomic mass is 16.2. The number of nitrogens with zero attached hydrogens (tertiary/aromatic N) is 3. The largest absolute Gasteiger partial charge is 0.337 e. The van der Waals surface area contributed by atoms with E-state index in [1.54, 1.807) is 4.68 Å². The summed E-state index contributed by atoms with van der Waals surface area (Å²) in [5, 5.41) is 8.18. The smallest absolute Gasteiger partial charge is 0.272 e. The van der Waals surface area contributed by atoms with E-state index in [1.165, 1.54) is 19.3 Å². The highest BCUT2D eigenvalue weighted by Crippen LogP contribution is 2.26. The topological polar surface area (TPSA) is 50.2 Å². The van der Waals surface area contributed by atoms with E-state index in [2.05, 4.69) is 24.3 Å². The minimum absolute atomic E-state index is 0.151. The van der Waals surface area contributed by atoms with Crippen molar-refractivity contribution in [3.8, 4) is 0 Å². The number of likely N-dealkylation sites (tertiary alicyclic amines) is 1. The Kier molecular flexibility index (Phi) is 5.05. The van der Waals surface area contributed by atoms with E-state index in [1.807, 2.05) is 18.0 Å². The van der Waals surface area contributed by atoms with Gasteiger partial charge in [0.05, 0.1) is 5.69 Å². The monoisotopic (exact) mass is 318 g/mol. The molecular weight excluding hydrogens is 288 g/mol. The van der Waals surface area contributed by atoms with Crippen LogP contribution in [0.1, 0.15) is 55.7 Å². The van der Waals surface area contributed by atoms with Crippen LogP contribution < -0.4 is 5.32 Å². The third-order valence-corrected chi connectivity index (χ3v) is 5.20. The Bertz CT molecular complexity index is 551. The summed E-state index contributed by atoms with van der Waals surface area (Å²) in [5.74, 6) is 1.32. The third kappa shape index (κ3) is 3.77. The Labute approximate surface area is 139 Å². The van der Waals surface area contributed by atoms with Gasteiger partial charge in [-0.25, -0.2) is 0 Å². The summed E-state index contributed by atoms with van der Waals surface area (Å²) in [7, 11) is 1.89. The molecule has 128 valence electrons. The van der Waals surface area contributed by atoms with Crippen molar-refractivity contribution in [2.24, 2.45) is 18.9 Å². The molecule has 2 atom stereocenters. The van der Waals surface area contributed by atoms with E-state index in [-0.39, 0.29) is 5.91 Å². The highest BCUT2D eigenvalue weighted by molar-refractivity contribution is 5.92. The van der Waals surface area contributed by atoms with Gasteiger partial charge in [-0.1, -0.05) is 20.3 Å². The molecule has 0 aliphatic carbocycles. The molecule has 3 rings (SSSR count). The number of aromatic nitrogens is 2. The van der Waals surface area contributed by atoms with E-state index in [4.69, 9.17) is 0 Å². The van der Waals surface area contributed by atoms with E-state index >= 15 is 0 Å². The van der Waals surface area contributed by atoms with Gasteiger partial charge in [0, 0.05) is 26.2 Å². The molecule has 1 N–H and O–H groups in total. The molecule has 0 saturated carbocycles. The van der Waals surface area contributed by atoms with Crippen LogP contribution in [0.25, 0.3) is 0 Å². The van der Waals surface area contributed by atoms with Crippen molar-refractivity contribution in [3.05, 3.63) is 17.5 Å². The van der Waals surface area contributed by atoms with Gasteiger partial charge < -0.3 is 10.2 Å². The first-order valence-corrected chi connectivity index (χ1v) is 9.10. The first kappa shape index (κ1) is 16.5. The molecule has 3 heterocycles. The van der Waals surface area contributed by atoms with Gasteiger partial charge in [0.1, 0.15) is 5.69 Å². The number of carbonyl (C=O) groups is 1. The average Bonchev–Trinajstić information content (AvgIpc) is 2.73. The number of nitrogens with one attached hydrogen (secondary N) is 1. The van der Waals surface area contributed by atoms with Crippen molar-refractivity contribution in [2.45, 2.75) is 52.0 Å². The zero-order valence-electron chi connectivity index (χ0n) is 14.7. The Hall–Kier alpha value is -1.36. The second kappa shape index (κ2) is 7.04. The van der Waals surface area contributed by atoms with E-state index in [0.29, 0.717) is 17.9 Å². The van der Waals surface area contributed by atoms with Crippen molar-refractivity contribution in [2.75, 3.05) is 19.6 Å². The van der Waals surface area contributed by atoms with Gasteiger partial charge in [0.25, 0.3) is 5.91 Å². The van der Waals surface area contributed by atoms with Crippen molar-refractivity contribution in [1.82, 2.24) is 20.0 Å². The van der Waals surface area contributed by atoms with Crippen molar-refractivity contribution in [1.29, 1.82) is 0 Å². The summed E-state index contributed by atoms with van der Waals surface area (Å²) < 4.78 is 1.76. The van der Waals surface area contributed by atoms with Crippen molar-refractivity contribution in [3.63, 3.8) is 0 Å². The zero-order chi connectivity index (χ0) is 16.4. The van der Waals surface area contributed by atoms with E-state index < -0.39 is 0 Å². The number of rotatable bonds is 3. The van der Waals surface area contributed by atoms with Gasteiger partial charge in [0.15, 0.2) is 0 Å². The summed E-state index contributed by atoms with van der Waals surface area (Å²) >= 11 is 0. The van der Waals surface area contributed by atoms with Gasteiger partial charge in [-0.05, 0) is 50.1 Å². The molecule has 1 amide bonds. The van der Waals surface area contributed by atoms with Crippen LogP contribution >= 0.6 is 0 Å². The minimum atomic E-state index is 0.151. The number of hydrogen-bond acceptors (Lipinski definition) is 3. The maximum atomic E-state index is 12.9. The van der Waals surface area contributed by atoms with Gasteiger partial charge in [-0.15, -0.1) is 0 Å². The molecular formula is C18H30N4O. The lowest BCUT2D eigenvalue weighted by atomic mass is 9.89. The molecule has 1 aromatic rings. The molecule has 2 fully saturated rings. The maximum absolute atomic E-state index is 12.9. The van der Waals surface area contributed by atoms with E-state index in [9.17, 15) is 4.79 Å². The van der Waals surface area contributed by atoms with Gasteiger partial charge in [-0.2, -0.15) is 5.10 Å². The first-order chi connectivity index (χ1) is 11.0. The molecule has 2 saturated heterocycles.